The van der Waals surface area contributed by atoms with E-state index in [2.05, 4.69) is 15.2 Å². The average Bonchev–Trinajstić information content (AvgIpc) is 3.20. The Hall–Kier alpha value is -2.60. The zero-order chi connectivity index (χ0) is 18.3. The molecule has 3 heterocycles. The lowest BCUT2D eigenvalue weighted by molar-refractivity contribution is -0.119. The van der Waals surface area contributed by atoms with E-state index in [-0.39, 0.29) is 11.9 Å². The maximum Gasteiger partial charge on any atom is 0.217 e. The van der Waals surface area contributed by atoms with E-state index in [1.807, 2.05) is 41.9 Å². The van der Waals surface area contributed by atoms with E-state index in [1.165, 1.54) is 0 Å². The molecule has 1 N–H and O–H groups in total. The quantitative estimate of drug-likeness (QED) is 0.770. The summed E-state index contributed by atoms with van der Waals surface area (Å²) < 4.78 is 2.05. The Kier molecular flexibility index (Phi) is 4.28. The number of imidazole rings is 1. The molecule has 3 aromatic rings. The van der Waals surface area contributed by atoms with Gasteiger partial charge in [0.2, 0.25) is 5.91 Å². The number of aryl methyl sites for hydroxylation is 1. The van der Waals surface area contributed by atoms with Crippen molar-refractivity contribution in [1.82, 2.24) is 19.9 Å². The summed E-state index contributed by atoms with van der Waals surface area (Å²) in [5.41, 5.74) is 2.86. The minimum Gasteiger partial charge on any atom is -0.354 e. The first-order valence-electron chi connectivity index (χ1n) is 8.62. The second kappa shape index (κ2) is 6.61. The molecule has 0 unspecified atom stereocenters. The van der Waals surface area contributed by atoms with Crippen molar-refractivity contribution in [1.29, 1.82) is 0 Å². The Balaban J connectivity index is 1.69. The first-order valence-corrected chi connectivity index (χ1v) is 9.00. The molecule has 1 aromatic carbocycles. The highest BCUT2D eigenvalue weighted by molar-refractivity contribution is 6.33. The maximum atomic E-state index is 11.3. The summed E-state index contributed by atoms with van der Waals surface area (Å²) in [6, 6.07) is 10.2. The van der Waals surface area contributed by atoms with Gasteiger partial charge in [-0.15, -0.1) is 0 Å². The molecule has 1 amide bonds. The standard InChI is InChI=1S/C19H20ClN5O/c1-12(26)22-13-7-8-25(11-13)18-9-14(15(20)10-21-18)19-23-16-5-3-4-6-17(16)24(19)2/h3-6,9-10,13H,7-8,11H2,1-2H3,(H,22,26)/t13-/m1/s1. The summed E-state index contributed by atoms with van der Waals surface area (Å²) in [5.74, 6) is 1.67. The number of nitrogens with zero attached hydrogens (tertiary/aromatic N) is 4. The number of rotatable bonds is 3. The van der Waals surface area contributed by atoms with Crippen molar-refractivity contribution in [2.45, 2.75) is 19.4 Å². The van der Waals surface area contributed by atoms with Crippen LogP contribution in [0.15, 0.2) is 36.5 Å². The summed E-state index contributed by atoms with van der Waals surface area (Å²) in [6.07, 6.45) is 2.59. The number of fused-ring (bicyclic) bond motifs is 1. The Morgan fingerprint density at radius 3 is 2.92 bits per heavy atom. The molecule has 0 spiro atoms. The molecule has 1 aliphatic heterocycles. The Morgan fingerprint density at radius 1 is 1.35 bits per heavy atom. The maximum absolute atomic E-state index is 11.3. The van der Waals surface area contributed by atoms with Gasteiger partial charge in [-0.3, -0.25) is 4.79 Å². The summed E-state index contributed by atoms with van der Waals surface area (Å²) in [6.45, 7) is 3.14. The van der Waals surface area contributed by atoms with Crippen LogP contribution >= 0.6 is 11.6 Å². The van der Waals surface area contributed by atoms with Crippen molar-refractivity contribution in [3.63, 3.8) is 0 Å². The van der Waals surface area contributed by atoms with Crippen LogP contribution in [-0.4, -0.2) is 39.6 Å². The molecular weight excluding hydrogens is 350 g/mol. The van der Waals surface area contributed by atoms with Crippen molar-refractivity contribution >= 4 is 34.4 Å². The van der Waals surface area contributed by atoms with Gasteiger partial charge in [-0.2, -0.15) is 0 Å². The smallest absolute Gasteiger partial charge is 0.217 e. The van der Waals surface area contributed by atoms with Crippen molar-refractivity contribution in [3.05, 3.63) is 41.6 Å². The molecular formula is C19H20ClN5O. The second-order valence-electron chi connectivity index (χ2n) is 6.64. The van der Waals surface area contributed by atoms with Crippen LogP contribution in [0, 0.1) is 0 Å². The third kappa shape index (κ3) is 3.01. The minimum absolute atomic E-state index is 0.00121. The highest BCUT2D eigenvalue weighted by Crippen LogP contribution is 2.32. The number of hydrogen-bond donors (Lipinski definition) is 1. The van der Waals surface area contributed by atoms with Gasteiger partial charge in [-0.1, -0.05) is 23.7 Å². The highest BCUT2D eigenvalue weighted by Gasteiger charge is 2.25. The van der Waals surface area contributed by atoms with Gasteiger partial charge in [0.15, 0.2) is 0 Å². The van der Waals surface area contributed by atoms with Crippen LogP contribution in [0.1, 0.15) is 13.3 Å². The van der Waals surface area contributed by atoms with Crippen molar-refractivity contribution in [3.8, 4) is 11.4 Å². The molecule has 7 heteroatoms. The van der Waals surface area contributed by atoms with Gasteiger partial charge in [0.1, 0.15) is 11.6 Å². The van der Waals surface area contributed by atoms with Gasteiger partial charge >= 0.3 is 0 Å². The van der Waals surface area contributed by atoms with Crippen molar-refractivity contribution < 1.29 is 4.79 Å². The summed E-state index contributed by atoms with van der Waals surface area (Å²) in [5, 5.41) is 3.55. The molecule has 0 aliphatic carbocycles. The topological polar surface area (TPSA) is 63.1 Å². The summed E-state index contributed by atoms with van der Waals surface area (Å²) in [4.78, 5) is 22.7. The zero-order valence-electron chi connectivity index (χ0n) is 14.7. The number of halogens is 1. The van der Waals surface area contributed by atoms with Crippen LogP contribution in [0.25, 0.3) is 22.4 Å². The predicted molar refractivity (Wildman–Crippen MR) is 103 cm³/mol. The number of benzene rings is 1. The van der Waals surface area contributed by atoms with E-state index in [0.29, 0.717) is 5.02 Å². The zero-order valence-corrected chi connectivity index (χ0v) is 15.5. The third-order valence-electron chi connectivity index (χ3n) is 4.79. The SMILES string of the molecule is CC(=O)N[C@@H]1CCN(c2cc(-c3nc4ccccc4n3C)c(Cl)cn2)C1. The van der Waals surface area contributed by atoms with Crippen molar-refractivity contribution in [2.24, 2.45) is 7.05 Å². The van der Waals surface area contributed by atoms with E-state index in [4.69, 9.17) is 16.6 Å². The fourth-order valence-electron chi connectivity index (χ4n) is 3.53. The summed E-state index contributed by atoms with van der Waals surface area (Å²) >= 11 is 6.44. The van der Waals surface area contributed by atoms with Crippen molar-refractivity contribution in [2.75, 3.05) is 18.0 Å². The van der Waals surface area contributed by atoms with E-state index in [0.717, 1.165) is 47.7 Å². The van der Waals surface area contributed by atoms with Gasteiger partial charge in [0.05, 0.1) is 16.1 Å². The number of carbonyl (C=O) groups is 1. The first-order chi connectivity index (χ1) is 12.5. The number of aromatic nitrogens is 3. The summed E-state index contributed by atoms with van der Waals surface area (Å²) in [7, 11) is 1.99. The first kappa shape index (κ1) is 16.8. The largest absolute Gasteiger partial charge is 0.354 e. The van der Waals surface area contributed by atoms with E-state index < -0.39 is 0 Å². The Labute approximate surface area is 156 Å². The average molecular weight is 370 g/mol. The van der Waals surface area contributed by atoms with E-state index >= 15 is 0 Å². The van der Waals surface area contributed by atoms with Crippen LogP contribution in [0.4, 0.5) is 5.82 Å². The molecule has 0 bridgehead atoms. The molecule has 0 saturated carbocycles. The molecule has 1 aliphatic rings. The number of carbonyl (C=O) groups excluding carboxylic acids is 1. The van der Waals surface area contributed by atoms with Crippen LogP contribution in [0.3, 0.4) is 0 Å². The van der Waals surface area contributed by atoms with Gasteiger partial charge in [-0.05, 0) is 24.6 Å². The lowest BCUT2D eigenvalue weighted by Crippen LogP contribution is -2.35. The van der Waals surface area contributed by atoms with Gasteiger partial charge in [-0.25, -0.2) is 9.97 Å². The minimum atomic E-state index is 0.00121. The van der Waals surface area contributed by atoms with Gasteiger partial charge < -0.3 is 14.8 Å². The lowest BCUT2D eigenvalue weighted by atomic mass is 10.2. The molecule has 1 atom stereocenters. The normalized spacial score (nSPS) is 17.0. The predicted octanol–water partition coefficient (Wildman–Crippen LogP) is 3.00. The second-order valence-corrected chi connectivity index (χ2v) is 7.04. The van der Waals surface area contributed by atoms with Crippen LogP contribution in [0.5, 0.6) is 0 Å². The van der Waals surface area contributed by atoms with Crippen LogP contribution < -0.4 is 10.2 Å². The monoisotopic (exact) mass is 369 g/mol. The Morgan fingerprint density at radius 2 is 2.15 bits per heavy atom. The molecule has 1 saturated heterocycles. The van der Waals surface area contributed by atoms with Crippen LogP contribution in [-0.2, 0) is 11.8 Å². The van der Waals surface area contributed by atoms with Gasteiger partial charge in [0, 0.05) is 44.9 Å². The molecule has 4 rings (SSSR count). The number of hydrogen-bond acceptors (Lipinski definition) is 4. The fraction of sp³-hybridized carbons (Fsp3) is 0.316. The molecule has 134 valence electrons. The highest BCUT2D eigenvalue weighted by atomic mass is 35.5. The molecule has 0 radical (unpaired) electrons. The van der Waals surface area contributed by atoms with E-state index in [9.17, 15) is 4.79 Å². The number of pyridine rings is 1. The number of para-hydroxylation sites is 2. The number of nitrogens with one attached hydrogen (secondary N) is 1. The van der Waals surface area contributed by atoms with E-state index in [1.54, 1.807) is 13.1 Å². The number of amides is 1. The fourth-order valence-corrected chi connectivity index (χ4v) is 3.72. The van der Waals surface area contributed by atoms with Crippen LogP contribution in [0.2, 0.25) is 5.02 Å². The van der Waals surface area contributed by atoms with Gasteiger partial charge in [0.25, 0.3) is 0 Å². The Bertz CT molecular complexity index is 983. The third-order valence-corrected chi connectivity index (χ3v) is 5.09. The number of anilines is 1. The molecule has 26 heavy (non-hydrogen) atoms. The molecule has 2 aromatic heterocycles. The molecule has 6 nitrogen and oxygen atoms in total. The molecule has 1 fully saturated rings. The lowest BCUT2D eigenvalue weighted by Gasteiger charge is -2.19.